The van der Waals surface area contributed by atoms with E-state index in [1.54, 1.807) is 20.8 Å². The number of terminal acetylenes is 1. The first-order valence-electron chi connectivity index (χ1n) is 9.74. The molecule has 0 bridgehead atoms. The molecule has 1 amide bonds. The van der Waals surface area contributed by atoms with Gasteiger partial charge in [-0.05, 0) is 46.5 Å². The highest BCUT2D eigenvalue weighted by molar-refractivity contribution is 7.86. The fourth-order valence-electron chi connectivity index (χ4n) is 2.33. The van der Waals surface area contributed by atoms with E-state index in [9.17, 15) is 23.1 Å². The summed E-state index contributed by atoms with van der Waals surface area (Å²) in [6.07, 6.45) is 4.59. The van der Waals surface area contributed by atoms with Crippen LogP contribution in [0.2, 0.25) is 0 Å². The molecule has 0 aromatic carbocycles. The van der Waals surface area contributed by atoms with Crippen molar-refractivity contribution in [3.8, 4) is 12.3 Å². The summed E-state index contributed by atoms with van der Waals surface area (Å²) in [5.41, 5.74) is -2.90. The van der Waals surface area contributed by atoms with E-state index in [-0.39, 0.29) is 37.7 Å². The van der Waals surface area contributed by atoms with Crippen LogP contribution in [0.1, 0.15) is 54.4 Å². The minimum Gasteiger partial charge on any atom is -0.444 e. The van der Waals surface area contributed by atoms with Gasteiger partial charge in [0, 0.05) is 6.61 Å². The molecule has 0 saturated heterocycles. The van der Waals surface area contributed by atoms with Crippen molar-refractivity contribution in [1.29, 1.82) is 0 Å². The number of nitrogens with one attached hydrogen (secondary N) is 1. The van der Waals surface area contributed by atoms with Crippen molar-refractivity contribution in [1.82, 2.24) is 5.32 Å². The number of ketones is 1. The predicted octanol–water partition coefficient (Wildman–Crippen LogP) is 1.63. The lowest BCUT2D eigenvalue weighted by atomic mass is 9.90. The Balaban J connectivity index is 4.99. The minimum absolute atomic E-state index is 0.0114. The molecule has 0 saturated carbocycles. The molecular formula is C20H35NO8S. The Morgan fingerprint density at radius 2 is 1.80 bits per heavy atom. The molecule has 2 N–H and O–H groups in total. The molecule has 0 spiro atoms. The molecule has 174 valence electrons. The third kappa shape index (κ3) is 12.8. The van der Waals surface area contributed by atoms with E-state index < -0.39 is 45.8 Å². The van der Waals surface area contributed by atoms with Crippen LogP contribution in [0.4, 0.5) is 4.79 Å². The Hall–Kier alpha value is -1.67. The largest absolute Gasteiger partial charge is 0.444 e. The van der Waals surface area contributed by atoms with Crippen LogP contribution in [0.3, 0.4) is 0 Å². The summed E-state index contributed by atoms with van der Waals surface area (Å²) in [6, 6.07) is -1.07. The van der Waals surface area contributed by atoms with Gasteiger partial charge in [-0.25, -0.2) is 4.79 Å². The maximum atomic E-state index is 12.8. The first-order valence-corrected chi connectivity index (χ1v) is 11.3. The second-order valence-electron chi connectivity index (χ2n) is 8.60. The molecule has 9 nitrogen and oxygen atoms in total. The molecule has 2 atom stereocenters. The molecule has 0 aromatic rings. The summed E-state index contributed by atoms with van der Waals surface area (Å²) in [6.45, 7) is 9.30. The second kappa shape index (κ2) is 12.2. The summed E-state index contributed by atoms with van der Waals surface area (Å²) in [5.74, 6) is 1.15. The van der Waals surface area contributed by atoms with Crippen LogP contribution in [-0.2, 0) is 28.6 Å². The van der Waals surface area contributed by atoms with Crippen LogP contribution in [0.25, 0.3) is 0 Å². The van der Waals surface area contributed by atoms with E-state index in [1.807, 2.05) is 13.8 Å². The smallest absolute Gasteiger partial charge is 0.408 e. The molecule has 0 fully saturated rings. The highest BCUT2D eigenvalue weighted by Gasteiger charge is 2.39. The summed E-state index contributed by atoms with van der Waals surface area (Å²) in [7, 11) is -3.99. The van der Waals surface area contributed by atoms with Crippen LogP contribution in [-0.4, -0.2) is 68.2 Å². The third-order valence-corrected chi connectivity index (χ3v) is 4.90. The van der Waals surface area contributed by atoms with Crippen molar-refractivity contribution < 1.29 is 36.8 Å². The number of rotatable bonds is 13. The van der Waals surface area contributed by atoms with Crippen molar-refractivity contribution in [2.75, 3.05) is 25.6 Å². The van der Waals surface area contributed by atoms with Gasteiger partial charge < -0.3 is 19.9 Å². The average Bonchev–Trinajstić information content (AvgIpc) is 2.56. The highest BCUT2D eigenvalue weighted by Crippen LogP contribution is 2.17. The molecule has 0 heterocycles. The lowest BCUT2D eigenvalue weighted by Gasteiger charge is -2.29. The zero-order chi connectivity index (χ0) is 23.6. The number of ether oxygens (including phenoxy) is 2. The Morgan fingerprint density at radius 1 is 1.20 bits per heavy atom. The lowest BCUT2D eigenvalue weighted by Crippen LogP contribution is -2.54. The summed E-state index contributed by atoms with van der Waals surface area (Å²) >= 11 is 0. The number of hydrogen-bond acceptors (Lipinski definition) is 8. The molecule has 0 aliphatic carbocycles. The number of carbonyl (C=O) groups is 2. The Bertz CT molecular complexity index is 701. The Labute approximate surface area is 180 Å². The van der Waals surface area contributed by atoms with Crippen LogP contribution in [0.5, 0.6) is 0 Å². The van der Waals surface area contributed by atoms with Gasteiger partial charge in [-0.2, -0.15) is 8.42 Å². The van der Waals surface area contributed by atoms with Gasteiger partial charge in [0.1, 0.15) is 24.4 Å². The summed E-state index contributed by atoms with van der Waals surface area (Å²) in [5, 5.41) is 13.0. The fraction of sp³-hybridized carbons (Fsp3) is 0.800. The van der Waals surface area contributed by atoms with Gasteiger partial charge in [0.05, 0.1) is 11.8 Å². The van der Waals surface area contributed by atoms with Crippen LogP contribution < -0.4 is 5.32 Å². The molecule has 0 aliphatic rings. The SMILES string of the molecule is C#CCOCCCS(=O)(=O)OCC(C)(O)C(=O)C(CC(C)C)NC(=O)OC(C)(C)C. The van der Waals surface area contributed by atoms with Gasteiger partial charge >= 0.3 is 6.09 Å². The quantitative estimate of drug-likeness (QED) is 0.247. The molecule has 10 heteroatoms. The first-order chi connectivity index (χ1) is 13.6. The maximum absolute atomic E-state index is 12.8. The average molecular weight is 450 g/mol. The Kier molecular flexibility index (Phi) is 11.6. The number of hydrogen-bond donors (Lipinski definition) is 2. The van der Waals surface area contributed by atoms with Gasteiger partial charge in [0.15, 0.2) is 5.78 Å². The molecule has 0 aliphatic heterocycles. The molecule has 0 radical (unpaired) electrons. The van der Waals surface area contributed by atoms with Gasteiger partial charge in [-0.3, -0.25) is 8.98 Å². The number of Topliss-reactive ketones (excluding diaryl/α,β-unsaturated/α-hetero) is 1. The lowest BCUT2D eigenvalue weighted by molar-refractivity contribution is -0.141. The second-order valence-corrected chi connectivity index (χ2v) is 10.4. The molecule has 2 unspecified atom stereocenters. The maximum Gasteiger partial charge on any atom is 0.408 e. The minimum atomic E-state index is -3.99. The monoisotopic (exact) mass is 449 g/mol. The van der Waals surface area contributed by atoms with E-state index in [1.165, 1.54) is 0 Å². The molecule has 0 aromatic heterocycles. The predicted molar refractivity (Wildman–Crippen MR) is 112 cm³/mol. The number of aliphatic hydroxyl groups is 1. The zero-order valence-electron chi connectivity index (χ0n) is 18.7. The van der Waals surface area contributed by atoms with Crippen LogP contribution in [0.15, 0.2) is 0 Å². The van der Waals surface area contributed by atoms with Gasteiger partial charge in [-0.15, -0.1) is 6.42 Å². The first kappa shape index (κ1) is 28.3. The summed E-state index contributed by atoms with van der Waals surface area (Å²) < 4.78 is 38.9. The van der Waals surface area contributed by atoms with Crippen molar-refractivity contribution in [3.63, 3.8) is 0 Å². The van der Waals surface area contributed by atoms with E-state index in [0.29, 0.717) is 0 Å². The summed E-state index contributed by atoms with van der Waals surface area (Å²) in [4.78, 5) is 24.9. The molecular weight excluding hydrogens is 414 g/mol. The van der Waals surface area contributed by atoms with Crippen LogP contribution in [0, 0.1) is 18.3 Å². The van der Waals surface area contributed by atoms with Crippen LogP contribution >= 0.6 is 0 Å². The van der Waals surface area contributed by atoms with Crippen molar-refractivity contribution in [3.05, 3.63) is 0 Å². The van der Waals surface area contributed by atoms with Gasteiger partial charge in [-0.1, -0.05) is 19.8 Å². The van der Waals surface area contributed by atoms with E-state index in [0.717, 1.165) is 6.92 Å². The third-order valence-electron chi connectivity index (χ3n) is 3.63. The van der Waals surface area contributed by atoms with Crippen molar-refractivity contribution in [2.45, 2.75) is 71.6 Å². The normalized spacial score (nSPS) is 15.2. The zero-order valence-corrected chi connectivity index (χ0v) is 19.5. The van der Waals surface area contributed by atoms with Gasteiger partial charge in [0.25, 0.3) is 10.1 Å². The topological polar surface area (TPSA) is 128 Å². The van der Waals surface area contributed by atoms with E-state index in [4.69, 9.17) is 20.1 Å². The van der Waals surface area contributed by atoms with E-state index >= 15 is 0 Å². The standard InChI is InChI=1S/C20H35NO8S/c1-8-10-27-11-9-12-30(25,26)28-14-20(7,24)17(22)16(13-15(2)3)21-18(23)29-19(4,5)6/h1,15-16,24H,9-14H2,2-7H3,(H,21,23). The molecule has 30 heavy (non-hydrogen) atoms. The van der Waals surface area contributed by atoms with Gasteiger partial charge in [0.2, 0.25) is 0 Å². The number of carbonyl (C=O) groups excluding carboxylic acids is 2. The van der Waals surface area contributed by atoms with E-state index in [2.05, 4.69) is 11.2 Å². The number of alkyl carbamates (subject to hydrolysis) is 1. The highest BCUT2D eigenvalue weighted by atomic mass is 32.2. The Morgan fingerprint density at radius 3 is 2.30 bits per heavy atom. The number of amides is 1. The van der Waals surface area contributed by atoms with Crippen molar-refractivity contribution in [2.24, 2.45) is 5.92 Å². The van der Waals surface area contributed by atoms with Crippen molar-refractivity contribution >= 4 is 22.0 Å². The molecule has 0 rings (SSSR count). The fourth-order valence-corrected chi connectivity index (χ4v) is 3.33.